The van der Waals surface area contributed by atoms with E-state index in [4.69, 9.17) is 11.6 Å². The van der Waals surface area contributed by atoms with Crippen LogP contribution in [0.3, 0.4) is 0 Å². The van der Waals surface area contributed by atoms with Crippen LogP contribution in [0.25, 0.3) is 10.9 Å². The van der Waals surface area contributed by atoms with E-state index < -0.39 is 4.92 Å². The van der Waals surface area contributed by atoms with Crippen LogP contribution in [0.4, 0.5) is 5.69 Å². The zero-order valence-corrected chi connectivity index (χ0v) is 11.1. The van der Waals surface area contributed by atoms with E-state index >= 15 is 0 Å². The maximum absolute atomic E-state index is 12.2. The smallest absolute Gasteiger partial charge is 0.288 e. The molecule has 1 aromatic carbocycles. The van der Waals surface area contributed by atoms with Crippen molar-refractivity contribution in [3.05, 3.63) is 44.0 Å². The topological polar surface area (TPSA) is 78.0 Å². The predicted octanol–water partition coefficient (Wildman–Crippen LogP) is 2.76. The van der Waals surface area contributed by atoms with Gasteiger partial charge in [-0.15, -0.1) is 0 Å². The van der Waals surface area contributed by atoms with Crippen LogP contribution in [0, 0.1) is 10.1 Å². The van der Waals surface area contributed by atoms with Crippen LogP contribution >= 0.6 is 11.6 Å². The van der Waals surface area contributed by atoms with Crippen LogP contribution in [-0.4, -0.2) is 14.5 Å². The molecule has 0 spiro atoms. The molecule has 1 aromatic heterocycles. The fourth-order valence-corrected chi connectivity index (χ4v) is 2.02. The highest BCUT2D eigenvalue weighted by Crippen LogP contribution is 2.27. The summed E-state index contributed by atoms with van der Waals surface area (Å²) < 4.78 is 1.46. The number of hydrogen-bond acceptors (Lipinski definition) is 4. The quantitative estimate of drug-likeness (QED) is 0.637. The van der Waals surface area contributed by atoms with E-state index in [9.17, 15) is 14.9 Å². The Balaban J connectivity index is 2.64. The third-order valence-electron chi connectivity index (χ3n) is 2.84. The summed E-state index contributed by atoms with van der Waals surface area (Å²) in [5, 5.41) is 11.0. The van der Waals surface area contributed by atoms with Crippen molar-refractivity contribution in [1.82, 2.24) is 9.55 Å². The summed E-state index contributed by atoms with van der Waals surface area (Å²) in [5.41, 5.74) is -0.187. The summed E-state index contributed by atoms with van der Waals surface area (Å²) >= 11 is 5.78. The standard InChI is InChI=1S/C12H12ClN3O3/c1-2-3-4-15-7-14-10-6-9(13)11(16(18)19)5-8(10)12(15)17/h5-7H,2-4H2,1H3. The molecule has 0 unspecified atom stereocenters. The SMILES string of the molecule is CCCCn1cnc2cc(Cl)c([N+](=O)[O-])cc2c1=O. The number of rotatable bonds is 4. The number of nitrogens with zero attached hydrogens (tertiary/aromatic N) is 3. The Kier molecular flexibility index (Phi) is 3.80. The summed E-state index contributed by atoms with van der Waals surface area (Å²) in [6, 6.07) is 2.54. The van der Waals surface area contributed by atoms with E-state index in [1.165, 1.54) is 23.0 Å². The maximum Gasteiger partial charge on any atom is 0.288 e. The van der Waals surface area contributed by atoms with Crippen molar-refractivity contribution in [2.75, 3.05) is 0 Å². The van der Waals surface area contributed by atoms with Crippen molar-refractivity contribution in [3.63, 3.8) is 0 Å². The zero-order chi connectivity index (χ0) is 14.0. The van der Waals surface area contributed by atoms with Gasteiger partial charge in [0.1, 0.15) is 5.02 Å². The maximum atomic E-state index is 12.2. The first-order valence-electron chi connectivity index (χ1n) is 5.87. The number of hydrogen-bond donors (Lipinski definition) is 0. The molecule has 0 saturated carbocycles. The number of unbranched alkanes of at least 4 members (excludes halogenated alkanes) is 1. The average Bonchev–Trinajstić information content (AvgIpc) is 2.37. The van der Waals surface area contributed by atoms with Gasteiger partial charge < -0.3 is 0 Å². The number of benzene rings is 1. The minimum atomic E-state index is -0.607. The molecule has 2 rings (SSSR count). The lowest BCUT2D eigenvalue weighted by Crippen LogP contribution is -2.20. The number of halogens is 1. The summed E-state index contributed by atoms with van der Waals surface area (Å²) in [4.78, 5) is 26.5. The molecule has 0 fully saturated rings. The van der Waals surface area contributed by atoms with Gasteiger partial charge in [0.25, 0.3) is 11.2 Å². The van der Waals surface area contributed by atoms with E-state index in [-0.39, 0.29) is 21.7 Å². The zero-order valence-electron chi connectivity index (χ0n) is 10.3. The minimum Gasteiger partial charge on any atom is -0.299 e. The second-order valence-corrected chi connectivity index (χ2v) is 4.58. The predicted molar refractivity (Wildman–Crippen MR) is 72.6 cm³/mol. The van der Waals surface area contributed by atoms with Gasteiger partial charge in [-0.05, 0) is 12.5 Å². The van der Waals surface area contributed by atoms with E-state index in [2.05, 4.69) is 4.98 Å². The molecule has 100 valence electrons. The highest BCUT2D eigenvalue weighted by atomic mass is 35.5. The normalized spacial score (nSPS) is 10.8. The van der Waals surface area contributed by atoms with Crippen molar-refractivity contribution in [1.29, 1.82) is 0 Å². The van der Waals surface area contributed by atoms with Crippen LogP contribution in [0.5, 0.6) is 0 Å². The van der Waals surface area contributed by atoms with Crippen LogP contribution in [-0.2, 0) is 6.54 Å². The molecule has 0 aliphatic carbocycles. The van der Waals surface area contributed by atoms with Gasteiger partial charge in [0.05, 0.1) is 22.2 Å². The Morgan fingerprint density at radius 3 is 2.84 bits per heavy atom. The van der Waals surface area contributed by atoms with Crippen LogP contribution in [0.1, 0.15) is 19.8 Å². The molecular formula is C12H12ClN3O3. The third kappa shape index (κ3) is 2.58. The van der Waals surface area contributed by atoms with Gasteiger partial charge in [-0.1, -0.05) is 24.9 Å². The Bertz CT molecular complexity index is 696. The monoisotopic (exact) mass is 281 g/mol. The summed E-state index contributed by atoms with van der Waals surface area (Å²) in [6.45, 7) is 2.57. The molecule has 0 amide bonds. The summed E-state index contributed by atoms with van der Waals surface area (Å²) in [7, 11) is 0. The third-order valence-corrected chi connectivity index (χ3v) is 3.14. The Labute approximate surface area is 113 Å². The van der Waals surface area contributed by atoms with Gasteiger partial charge in [0, 0.05) is 12.6 Å². The lowest BCUT2D eigenvalue weighted by atomic mass is 10.2. The van der Waals surface area contributed by atoms with Crippen molar-refractivity contribution in [2.24, 2.45) is 0 Å². The summed E-state index contributed by atoms with van der Waals surface area (Å²) in [6.07, 6.45) is 3.25. The van der Waals surface area contributed by atoms with Gasteiger partial charge in [-0.25, -0.2) is 4.98 Å². The van der Waals surface area contributed by atoms with Crippen molar-refractivity contribution < 1.29 is 4.92 Å². The van der Waals surface area contributed by atoms with Crippen molar-refractivity contribution in [2.45, 2.75) is 26.3 Å². The molecule has 2 aromatic rings. The molecule has 1 heterocycles. The highest BCUT2D eigenvalue weighted by molar-refractivity contribution is 6.33. The molecule has 19 heavy (non-hydrogen) atoms. The first-order chi connectivity index (χ1) is 9.04. The number of nitro benzene ring substituents is 1. The van der Waals surface area contributed by atoms with Crippen LogP contribution < -0.4 is 5.56 Å². The average molecular weight is 282 g/mol. The van der Waals surface area contributed by atoms with E-state index in [1.807, 2.05) is 6.92 Å². The van der Waals surface area contributed by atoms with Gasteiger partial charge in [-0.2, -0.15) is 0 Å². The first-order valence-corrected chi connectivity index (χ1v) is 6.25. The van der Waals surface area contributed by atoms with Gasteiger partial charge >= 0.3 is 0 Å². The molecule has 0 saturated heterocycles. The molecule has 0 aliphatic heterocycles. The molecule has 0 bridgehead atoms. The molecule has 7 heteroatoms. The highest BCUT2D eigenvalue weighted by Gasteiger charge is 2.16. The number of fused-ring (bicyclic) bond motifs is 1. The first kappa shape index (κ1) is 13.5. The van der Waals surface area contributed by atoms with Gasteiger partial charge in [-0.3, -0.25) is 19.5 Å². The van der Waals surface area contributed by atoms with Gasteiger partial charge in [0.2, 0.25) is 0 Å². The number of aromatic nitrogens is 2. The Hall–Kier alpha value is -1.95. The van der Waals surface area contributed by atoms with Crippen molar-refractivity contribution in [3.8, 4) is 0 Å². The summed E-state index contributed by atoms with van der Waals surface area (Å²) in [5.74, 6) is 0. The fraction of sp³-hybridized carbons (Fsp3) is 0.333. The number of nitro groups is 1. The molecule has 0 N–H and O–H groups in total. The molecular weight excluding hydrogens is 270 g/mol. The second kappa shape index (κ2) is 5.36. The second-order valence-electron chi connectivity index (χ2n) is 4.17. The molecule has 0 radical (unpaired) electrons. The van der Waals surface area contributed by atoms with Gasteiger partial charge in [0.15, 0.2) is 0 Å². The van der Waals surface area contributed by atoms with E-state index in [0.717, 1.165) is 12.8 Å². The lowest BCUT2D eigenvalue weighted by molar-refractivity contribution is -0.384. The van der Waals surface area contributed by atoms with Crippen molar-refractivity contribution >= 4 is 28.2 Å². The molecule has 0 aliphatic rings. The van der Waals surface area contributed by atoms with Crippen LogP contribution in [0.15, 0.2) is 23.3 Å². The van der Waals surface area contributed by atoms with Crippen LogP contribution in [0.2, 0.25) is 5.02 Å². The Morgan fingerprint density at radius 1 is 1.47 bits per heavy atom. The number of aryl methyl sites for hydroxylation is 1. The minimum absolute atomic E-state index is 0.0179. The van der Waals surface area contributed by atoms with E-state index in [1.54, 1.807) is 0 Å². The molecule has 0 atom stereocenters. The largest absolute Gasteiger partial charge is 0.299 e. The molecule has 6 nitrogen and oxygen atoms in total. The lowest BCUT2D eigenvalue weighted by Gasteiger charge is -2.05. The Morgan fingerprint density at radius 2 is 2.21 bits per heavy atom. The fourth-order valence-electron chi connectivity index (χ4n) is 1.80. The van der Waals surface area contributed by atoms with E-state index in [0.29, 0.717) is 12.1 Å².